The van der Waals surface area contributed by atoms with Gasteiger partial charge in [0.1, 0.15) is 0 Å². The third-order valence-electron chi connectivity index (χ3n) is 0.956. The molecular formula is C9H17O3Sn. The van der Waals surface area contributed by atoms with Gasteiger partial charge in [-0.15, -0.1) is 0 Å². The molecule has 75 valence electrons. The summed E-state index contributed by atoms with van der Waals surface area (Å²) in [4.78, 5) is 18.5. The Bertz CT molecular complexity index is 124. The molecule has 4 heteroatoms. The van der Waals surface area contributed by atoms with Crippen molar-refractivity contribution in [2.24, 2.45) is 0 Å². The standard InChI is InChI=1S/C5H8O3.C4H9.Sn/c1-3-5(6)8-7-4-2;1-3-4-2;/h3H,1,4H2,2H3;1,3-4H2,2H3;. The fourth-order valence-corrected chi connectivity index (χ4v) is 1.34. The summed E-state index contributed by atoms with van der Waals surface area (Å²) in [5, 5.41) is 0. The van der Waals surface area contributed by atoms with E-state index in [1.807, 2.05) is 0 Å². The van der Waals surface area contributed by atoms with Crippen molar-refractivity contribution >= 4 is 28.5 Å². The number of carbonyl (C=O) groups excluding carboxylic acids is 1. The van der Waals surface area contributed by atoms with E-state index in [4.69, 9.17) is 0 Å². The minimum atomic E-state index is -0.563. The first-order valence-corrected chi connectivity index (χ1v) is 6.35. The molecule has 13 heavy (non-hydrogen) atoms. The van der Waals surface area contributed by atoms with Gasteiger partial charge in [-0.05, 0) is 6.92 Å². The van der Waals surface area contributed by atoms with Crippen LogP contribution in [-0.2, 0) is 14.6 Å². The molecular weight excluding hydrogens is 275 g/mol. The number of carbonyl (C=O) groups is 1. The van der Waals surface area contributed by atoms with Crippen LogP contribution in [0.5, 0.6) is 0 Å². The maximum absolute atomic E-state index is 10.1. The summed E-state index contributed by atoms with van der Waals surface area (Å²) in [6.45, 7) is 7.46. The van der Waals surface area contributed by atoms with Crippen molar-refractivity contribution in [3.05, 3.63) is 12.7 Å². The van der Waals surface area contributed by atoms with Gasteiger partial charge in [-0.2, -0.15) is 4.89 Å². The zero-order chi connectivity index (χ0) is 10.5. The fourth-order valence-electron chi connectivity index (χ4n) is 0.328. The van der Waals surface area contributed by atoms with Crippen LogP contribution in [0.15, 0.2) is 12.7 Å². The van der Waals surface area contributed by atoms with E-state index < -0.39 is 5.97 Å². The van der Waals surface area contributed by atoms with Gasteiger partial charge in [0.2, 0.25) is 0 Å². The molecule has 0 atom stereocenters. The zero-order valence-corrected chi connectivity index (χ0v) is 11.2. The Morgan fingerprint density at radius 1 is 1.54 bits per heavy atom. The second-order valence-electron chi connectivity index (χ2n) is 2.12. The molecule has 0 saturated carbocycles. The normalized spacial score (nSPS) is 8.23. The summed E-state index contributed by atoms with van der Waals surface area (Å²) in [6, 6.07) is 0. The second-order valence-corrected chi connectivity index (χ2v) is 3.54. The third kappa shape index (κ3) is 18.7. The van der Waals surface area contributed by atoms with E-state index in [0.717, 1.165) is 6.08 Å². The first-order valence-electron chi connectivity index (χ1n) is 4.33. The predicted molar refractivity (Wildman–Crippen MR) is 53.4 cm³/mol. The molecule has 0 aromatic heterocycles. The van der Waals surface area contributed by atoms with Crippen LogP contribution in [0.2, 0.25) is 4.44 Å². The van der Waals surface area contributed by atoms with E-state index in [9.17, 15) is 4.79 Å². The molecule has 0 amide bonds. The summed E-state index contributed by atoms with van der Waals surface area (Å²) >= 11 is 1.68. The fraction of sp³-hybridized carbons (Fsp3) is 0.667. The maximum atomic E-state index is 10.1. The molecule has 0 aliphatic rings. The van der Waals surface area contributed by atoms with Gasteiger partial charge in [0.15, 0.2) is 0 Å². The van der Waals surface area contributed by atoms with Gasteiger partial charge < -0.3 is 0 Å². The summed E-state index contributed by atoms with van der Waals surface area (Å²) in [7, 11) is 0. The Kier molecular flexibility index (Phi) is 17.2. The second kappa shape index (κ2) is 14.5. The van der Waals surface area contributed by atoms with Crippen LogP contribution in [0, 0.1) is 0 Å². The van der Waals surface area contributed by atoms with Crippen LogP contribution in [0.25, 0.3) is 0 Å². The molecule has 0 N–H and O–H groups in total. The Labute approximate surface area is 93.5 Å². The summed E-state index contributed by atoms with van der Waals surface area (Å²) in [5.74, 6) is -0.563. The summed E-state index contributed by atoms with van der Waals surface area (Å²) in [6.07, 6.45) is 3.83. The number of hydrogen-bond donors (Lipinski definition) is 0. The first-order chi connectivity index (χ1) is 6.22. The van der Waals surface area contributed by atoms with Gasteiger partial charge in [0.25, 0.3) is 0 Å². The van der Waals surface area contributed by atoms with E-state index in [2.05, 4.69) is 23.3 Å². The summed E-state index contributed by atoms with van der Waals surface area (Å²) < 4.78 is 1.43. The van der Waals surface area contributed by atoms with Gasteiger partial charge in [0.05, 0.1) is 6.61 Å². The molecule has 3 nitrogen and oxygen atoms in total. The molecule has 0 rings (SSSR count). The van der Waals surface area contributed by atoms with Crippen molar-refractivity contribution in [1.82, 2.24) is 0 Å². The van der Waals surface area contributed by atoms with Crippen molar-refractivity contribution in [3.63, 3.8) is 0 Å². The first kappa shape index (κ1) is 15.4. The monoisotopic (exact) mass is 293 g/mol. The van der Waals surface area contributed by atoms with E-state index in [0.29, 0.717) is 6.61 Å². The van der Waals surface area contributed by atoms with E-state index in [1.165, 1.54) is 17.3 Å². The van der Waals surface area contributed by atoms with Gasteiger partial charge in [-0.25, -0.2) is 4.79 Å². The van der Waals surface area contributed by atoms with E-state index in [1.54, 1.807) is 29.4 Å². The van der Waals surface area contributed by atoms with Crippen LogP contribution < -0.4 is 0 Å². The van der Waals surface area contributed by atoms with E-state index in [-0.39, 0.29) is 0 Å². The minimum absolute atomic E-state index is 0.361. The van der Waals surface area contributed by atoms with Crippen molar-refractivity contribution < 1.29 is 14.6 Å². The van der Waals surface area contributed by atoms with Crippen LogP contribution in [0.4, 0.5) is 0 Å². The van der Waals surface area contributed by atoms with Crippen molar-refractivity contribution in [3.8, 4) is 0 Å². The quantitative estimate of drug-likeness (QED) is 0.337. The van der Waals surface area contributed by atoms with Crippen molar-refractivity contribution in [1.29, 1.82) is 0 Å². The van der Waals surface area contributed by atoms with Crippen molar-refractivity contribution in [2.75, 3.05) is 6.61 Å². The molecule has 0 aromatic rings. The molecule has 0 heterocycles. The van der Waals surface area contributed by atoms with Crippen LogP contribution in [0.1, 0.15) is 26.7 Å². The van der Waals surface area contributed by atoms with Gasteiger partial charge in [-0.1, -0.05) is 6.58 Å². The van der Waals surface area contributed by atoms with Gasteiger partial charge in [-0.3, -0.25) is 4.89 Å². The Morgan fingerprint density at radius 2 is 2.15 bits per heavy atom. The van der Waals surface area contributed by atoms with E-state index >= 15 is 0 Å². The number of rotatable bonds is 5. The SMILES string of the molecule is C=CC(=O)OOCC.CCC[CH2][Sn]. The molecule has 0 fully saturated rings. The van der Waals surface area contributed by atoms with Crippen LogP contribution in [0.3, 0.4) is 0 Å². The van der Waals surface area contributed by atoms with Crippen LogP contribution in [-0.4, -0.2) is 35.1 Å². The molecule has 0 aliphatic heterocycles. The Balaban J connectivity index is 0. The zero-order valence-electron chi connectivity index (χ0n) is 8.34. The average Bonchev–Trinajstić information content (AvgIpc) is 2.16. The van der Waals surface area contributed by atoms with Gasteiger partial charge >= 0.3 is 52.7 Å². The molecule has 0 unspecified atom stereocenters. The Morgan fingerprint density at radius 3 is 2.38 bits per heavy atom. The molecule has 0 aromatic carbocycles. The topological polar surface area (TPSA) is 35.5 Å². The summed E-state index contributed by atoms with van der Waals surface area (Å²) in [5.41, 5.74) is 0. The van der Waals surface area contributed by atoms with Crippen molar-refractivity contribution in [2.45, 2.75) is 31.1 Å². The number of hydrogen-bond acceptors (Lipinski definition) is 3. The number of unbranched alkanes of at least 4 members (excludes halogenated alkanes) is 1. The van der Waals surface area contributed by atoms with Crippen LogP contribution >= 0.6 is 0 Å². The molecule has 0 saturated heterocycles. The molecule has 0 spiro atoms. The molecule has 0 aliphatic carbocycles. The predicted octanol–water partition coefficient (Wildman–Crippen LogP) is 2.04. The Hall–Kier alpha value is -0.0313. The third-order valence-corrected chi connectivity index (χ3v) is 1.96. The van der Waals surface area contributed by atoms with Gasteiger partial charge in [0, 0.05) is 6.08 Å². The average molecular weight is 292 g/mol. The molecule has 0 bridgehead atoms. The molecule has 3 radical (unpaired) electrons.